The molecule has 0 aliphatic rings. The Morgan fingerprint density at radius 2 is 1.32 bits per heavy atom. The summed E-state index contributed by atoms with van der Waals surface area (Å²) in [7, 11) is 0. The zero-order valence-electron chi connectivity index (χ0n) is 13.5. The van der Waals surface area contributed by atoms with Crippen LogP contribution in [-0.4, -0.2) is 19.3 Å². The van der Waals surface area contributed by atoms with Crippen molar-refractivity contribution in [2.75, 3.05) is 13.2 Å². The average Bonchev–Trinajstić information content (AvgIpc) is 2.55. The molecular weight excluding hydrogens is 276 g/mol. The summed E-state index contributed by atoms with van der Waals surface area (Å²) in [5, 5.41) is 0. The number of benzene rings is 2. The van der Waals surface area contributed by atoms with Crippen LogP contribution in [0.4, 0.5) is 0 Å². The fourth-order valence-electron chi connectivity index (χ4n) is 2.08. The molecule has 0 spiro atoms. The molecule has 0 amide bonds. The van der Waals surface area contributed by atoms with Crippen molar-refractivity contribution in [2.24, 2.45) is 0 Å². The molecule has 3 nitrogen and oxygen atoms in total. The van der Waals surface area contributed by atoms with E-state index in [-0.39, 0.29) is 6.10 Å². The first-order valence-corrected chi connectivity index (χ1v) is 7.82. The van der Waals surface area contributed by atoms with E-state index in [9.17, 15) is 0 Å². The van der Waals surface area contributed by atoms with Crippen LogP contribution in [0.3, 0.4) is 0 Å². The van der Waals surface area contributed by atoms with Gasteiger partial charge in [0.05, 0.1) is 6.61 Å². The second-order valence-corrected chi connectivity index (χ2v) is 5.14. The minimum absolute atomic E-state index is 0.0148. The van der Waals surface area contributed by atoms with Gasteiger partial charge in [-0.3, -0.25) is 0 Å². The molecule has 0 heterocycles. The van der Waals surface area contributed by atoms with Crippen molar-refractivity contribution in [3.05, 3.63) is 54.1 Å². The monoisotopic (exact) mass is 300 g/mol. The molecule has 118 valence electrons. The SMILES string of the molecule is CCOc1ccc(OCC(C)Oc2ccc(CC)cc2)cc1. The largest absolute Gasteiger partial charge is 0.494 e. The Labute approximate surface area is 132 Å². The highest BCUT2D eigenvalue weighted by atomic mass is 16.5. The number of hydrogen-bond donors (Lipinski definition) is 0. The third kappa shape index (κ3) is 4.99. The Balaban J connectivity index is 1.80. The molecule has 0 bridgehead atoms. The highest BCUT2D eigenvalue weighted by Crippen LogP contribution is 2.18. The minimum atomic E-state index is -0.0148. The predicted octanol–water partition coefficient (Wildman–Crippen LogP) is 4.49. The van der Waals surface area contributed by atoms with E-state index in [1.54, 1.807) is 0 Å². The number of rotatable bonds is 8. The van der Waals surface area contributed by atoms with Gasteiger partial charge in [0, 0.05) is 0 Å². The molecule has 0 N–H and O–H groups in total. The van der Waals surface area contributed by atoms with Crippen LogP contribution in [0, 0.1) is 0 Å². The van der Waals surface area contributed by atoms with E-state index in [0.29, 0.717) is 13.2 Å². The van der Waals surface area contributed by atoms with Crippen molar-refractivity contribution in [3.8, 4) is 17.2 Å². The first-order chi connectivity index (χ1) is 10.7. The van der Waals surface area contributed by atoms with Gasteiger partial charge in [-0.25, -0.2) is 0 Å². The maximum absolute atomic E-state index is 5.85. The van der Waals surface area contributed by atoms with E-state index < -0.39 is 0 Å². The topological polar surface area (TPSA) is 27.7 Å². The lowest BCUT2D eigenvalue weighted by molar-refractivity contribution is 0.143. The van der Waals surface area contributed by atoms with Crippen LogP contribution in [0.2, 0.25) is 0 Å². The standard InChI is InChI=1S/C19H24O3/c1-4-16-6-8-19(9-7-16)22-15(3)14-21-18-12-10-17(11-13-18)20-5-2/h6-13,15H,4-5,14H2,1-3H3. The normalized spacial score (nSPS) is 11.8. The van der Waals surface area contributed by atoms with Gasteiger partial charge in [-0.05, 0) is 62.2 Å². The average molecular weight is 300 g/mol. The molecule has 1 unspecified atom stereocenters. The summed E-state index contributed by atoms with van der Waals surface area (Å²) in [6.07, 6.45) is 1.02. The van der Waals surface area contributed by atoms with Gasteiger partial charge in [-0.1, -0.05) is 19.1 Å². The predicted molar refractivity (Wildman–Crippen MR) is 89.0 cm³/mol. The third-order valence-corrected chi connectivity index (χ3v) is 3.29. The molecule has 0 saturated heterocycles. The molecular formula is C19H24O3. The van der Waals surface area contributed by atoms with Crippen molar-refractivity contribution in [1.82, 2.24) is 0 Å². The van der Waals surface area contributed by atoms with Gasteiger partial charge in [-0.2, -0.15) is 0 Å². The fraction of sp³-hybridized carbons (Fsp3) is 0.368. The Bertz CT molecular complexity index is 546. The Kier molecular flexibility index (Phi) is 6.13. The van der Waals surface area contributed by atoms with Crippen LogP contribution in [-0.2, 0) is 6.42 Å². The molecule has 1 atom stereocenters. The first kappa shape index (κ1) is 16.2. The minimum Gasteiger partial charge on any atom is -0.494 e. The molecule has 3 heteroatoms. The molecule has 2 rings (SSSR count). The van der Waals surface area contributed by atoms with Gasteiger partial charge in [0.25, 0.3) is 0 Å². The fourth-order valence-corrected chi connectivity index (χ4v) is 2.08. The van der Waals surface area contributed by atoms with Crippen molar-refractivity contribution in [1.29, 1.82) is 0 Å². The molecule has 0 radical (unpaired) electrons. The number of aryl methyl sites for hydroxylation is 1. The van der Waals surface area contributed by atoms with E-state index in [0.717, 1.165) is 23.7 Å². The molecule has 22 heavy (non-hydrogen) atoms. The van der Waals surface area contributed by atoms with Crippen molar-refractivity contribution in [3.63, 3.8) is 0 Å². The molecule has 2 aromatic rings. The van der Waals surface area contributed by atoms with Crippen LogP contribution in [0.15, 0.2) is 48.5 Å². The number of ether oxygens (including phenoxy) is 3. The Hall–Kier alpha value is -2.16. The summed E-state index contributed by atoms with van der Waals surface area (Å²) < 4.78 is 17.0. The summed E-state index contributed by atoms with van der Waals surface area (Å²) >= 11 is 0. The van der Waals surface area contributed by atoms with Crippen molar-refractivity contribution < 1.29 is 14.2 Å². The summed E-state index contributed by atoms with van der Waals surface area (Å²) in [6, 6.07) is 15.8. The van der Waals surface area contributed by atoms with Crippen LogP contribution in [0.1, 0.15) is 26.3 Å². The van der Waals surface area contributed by atoms with E-state index in [4.69, 9.17) is 14.2 Å². The van der Waals surface area contributed by atoms with E-state index in [2.05, 4.69) is 19.1 Å². The molecule has 0 fully saturated rings. The quantitative estimate of drug-likeness (QED) is 0.718. The molecule has 2 aromatic carbocycles. The van der Waals surface area contributed by atoms with Gasteiger partial charge in [0.15, 0.2) is 0 Å². The van der Waals surface area contributed by atoms with Crippen LogP contribution in [0.5, 0.6) is 17.2 Å². The maximum Gasteiger partial charge on any atom is 0.130 e. The molecule has 0 saturated carbocycles. The summed E-state index contributed by atoms with van der Waals surface area (Å²) in [6.45, 7) is 7.29. The lowest BCUT2D eigenvalue weighted by atomic mass is 10.2. The molecule has 0 aromatic heterocycles. The Morgan fingerprint density at radius 1 is 0.773 bits per heavy atom. The molecule has 0 aliphatic carbocycles. The van der Waals surface area contributed by atoms with Gasteiger partial charge < -0.3 is 14.2 Å². The highest BCUT2D eigenvalue weighted by molar-refractivity contribution is 5.31. The second kappa shape index (κ2) is 8.32. The first-order valence-electron chi connectivity index (χ1n) is 7.82. The smallest absolute Gasteiger partial charge is 0.130 e. The summed E-state index contributed by atoms with van der Waals surface area (Å²) in [5.41, 5.74) is 1.31. The van der Waals surface area contributed by atoms with Gasteiger partial charge in [-0.15, -0.1) is 0 Å². The maximum atomic E-state index is 5.85. The van der Waals surface area contributed by atoms with Gasteiger partial charge >= 0.3 is 0 Å². The van der Waals surface area contributed by atoms with Crippen LogP contribution >= 0.6 is 0 Å². The zero-order chi connectivity index (χ0) is 15.8. The summed E-state index contributed by atoms with van der Waals surface area (Å²) in [4.78, 5) is 0. The number of hydrogen-bond acceptors (Lipinski definition) is 3. The lowest BCUT2D eigenvalue weighted by Crippen LogP contribution is -2.21. The van der Waals surface area contributed by atoms with Gasteiger partial charge in [0.1, 0.15) is 30.0 Å². The lowest BCUT2D eigenvalue weighted by Gasteiger charge is -2.16. The van der Waals surface area contributed by atoms with Crippen molar-refractivity contribution >= 4 is 0 Å². The zero-order valence-corrected chi connectivity index (χ0v) is 13.5. The third-order valence-electron chi connectivity index (χ3n) is 3.29. The molecule has 0 aliphatic heterocycles. The van der Waals surface area contributed by atoms with E-state index in [1.807, 2.05) is 50.2 Å². The van der Waals surface area contributed by atoms with E-state index >= 15 is 0 Å². The Morgan fingerprint density at radius 3 is 1.86 bits per heavy atom. The van der Waals surface area contributed by atoms with E-state index in [1.165, 1.54) is 5.56 Å². The highest BCUT2D eigenvalue weighted by Gasteiger charge is 2.05. The van der Waals surface area contributed by atoms with Crippen LogP contribution in [0.25, 0.3) is 0 Å². The van der Waals surface area contributed by atoms with Crippen molar-refractivity contribution in [2.45, 2.75) is 33.3 Å². The summed E-state index contributed by atoms with van der Waals surface area (Å²) in [5.74, 6) is 2.55. The second-order valence-electron chi connectivity index (χ2n) is 5.14. The van der Waals surface area contributed by atoms with Gasteiger partial charge in [0.2, 0.25) is 0 Å². The van der Waals surface area contributed by atoms with Crippen LogP contribution < -0.4 is 14.2 Å².